The van der Waals surface area contributed by atoms with Gasteiger partial charge in [-0.15, -0.1) is 0 Å². The van der Waals surface area contributed by atoms with E-state index in [4.69, 9.17) is 16.3 Å². The highest BCUT2D eigenvalue weighted by Gasteiger charge is 2.37. The van der Waals surface area contributed by atoms with Crippen LogP contribution in [0.3, 0.4) is 0 Å². The van der Waals surface area contributed by atoms with Gasteiger partial charge >= 0.3 is 0 Å². The second-order valence-corrected chi connectivity index (χ2v) is 11.1. The maximum Gasteiger partial charge on any atom is 0.260 e. The van der Waals surface area contributed by atoms with E-state index in [9.17, 15) is 9.59 Å². The molecule has 8 heteroatoms. The number of piperazine rings is 1. The van der Waals surface area contributed by atoms with Crippen LogP contribution in [0.4, 0.5) is 0 Å². The summed E-state index contributed by atoms with van der Waals surface area (Å²) in [6, 6.07) is 7.63. The van der Waals surface area contributed by atoms with Crippen molar-refractivity contribution in [3.05, 3.63) is 29.3 Å². The van der Waals surface area contributed by atoms with Crippen LogP contribution >= 0.6 is 11.6 Å². The van der Waals surface area contributed by atoms with Gasteiger partial charge in [-0.3, -0.25) is 14.5 Å². The van der Waals surface area contributed by atoms with E-state index >= 15 is 0 Å². The van der Waals surface area contributed by atoms with Crippen LogP contribution in [0.1, 0.15) is 58.3 Å². The van der Waals surface area contributed by atoms with E-state index in [1.54, 1.807) is 24.3 Å². The Morgan fingerprint density at radius 1 is 1.00 bits per heavy atom. The predicted molar refractivity (Wildman–Crippen MR) is 143 cm³/mol. The molecule has 3 aliphatic rings. The van der Waals surface area contributed by atoms with Gasteiger partial charge in [0.15, 0.2) is 6.61 Å². The van der Waals surface area contributed by atoms with Crippen molar-refractivity contribution in [1.82, 2.24) is 20.0 Å². The van der Waals surface area contributed by atoms with Gasteiger partial charge in [0.25, 0.3) is 5.91 Å². The van der Waals surface area contributed by atoms with Crippen molar-refractivity contribution in [2.24, 2.45) is 5.92 Å². The molecule has 0 radical (unpaired) electrons. The first-order valence-corrected chi connectivity index (χ1v) is 14.3. The van der Waals surface area contributed by atoms with Crippen molar-refractivity contribution in [3.8, 4) is 5.75 Å². The first-order chi connectivity index (χ1) is 17.5. The lowest BCUT2D eigenvalue weighted by atomic mass is 9.95. The van der Waals surface area contributed by atoms with Gasteiger partial charge in [-0.2, -0.15) is 0 Å². The number of halogens is 1. The molecule has 0 bridgehead atoms. The minimum atomic E-state index is -0.0796. The van der Waals surface area contributed by atoms with E-state index in [0.717, 1.165) is 45.4 Å². The largest absolute Gasteiger partial charge is 0.484 e. The molecule has 36 heavy (non-hydrogen) atoms. The predicted octanol–water partition coefficient (Wildman–Crippen LogP) is 3.80. The number of carbonyl (C=O) groups is 2. The van der Waals surface area contributed by atoms with Crippen molar-refractivity contribution < 1.29 is 14.3 Å². The maximum absolute atomic E-state index is 13.4. The Kier molecular flexibility index (Phi) is 10.3. The summed E-state index contributed by atoms with van der Waals surface area (Å²) < 4.78 is 5.64. The van der Waals surface area contributed by atoms with E-state index in [1.165, 1.54) is 38.6 Å². The van der Waals surface area contributed by atoms with Gasteiger partial charge in [0, 0.05) is 50.3 Å². The summed E-state index contributed by atoms with van der Waals surface area (Å²) in [5.41, 5.74) is 0. The molecule has 0 spiro atoms. The molecule has 2 heterocycles. The summed E-state index contributed by atoms with van der Waals surface area (Å²) in [5, 5.41) is 3.91. The molecule has 0 unspecified atom stereocenters. The van der Waals surface area contributed by atoms with E-state index in [-0.39, 0.29) is 24.5 Å². The topological polar surface area (TPSA) is 65.1 Å². The van der Waals surface area contributed by atoms with Crippen LogP contribution < -0.4 is 10.1 Å². The van der Waals surface area contributed by atoms with Gasteiger partial charge in [-0.1, -0.05) is 30.9 Å². The Morgan fingerprint density at radius 3 is 2.39 bits per heavy atom. The first-order valence-electron chi connectivity index (χ1n) is 13.9. The SMILES string of the molecule is C[C@H]1CCCCN1CCCNC(=O)[C@@H](C1CCCC1)N1CCN(C(=O)COc2ccc(Cl)cc2)CC1. The zero-order valence-corrected chi connectivity index (χ0v) is 22.6. The lowest BCUT2D eigenvalue weighted by Crippen LogP contribution is -2.58. The molecular formula is C28H43ClN4O3. The van der Waals surface area contributed by atoms with E-state index in [1.807, 2.05) is 4.90 Å². The number of ether oxygens (including phenoxy) is 1. The number of benzene rings is 1. The molecule has 1 aromatic rings. The highest BCUT2D eigenvalue weighted by molar-refractivity contribution is 6.30. The summed E-state index contributed by atoms with van der Waals surface area (Å²) in [7, 11) is 0. The van der Waals surface area contributed by atoms with Gasteiger partial charge in [0.1, 0.15) is 5.75 Å². The minimum absolute atomic E-state index is 0.0154. The van der Waals surface area contributed by atoms with Crippen LogP contribution in [0.15, 0.2) is 24.3 Å². The van der Waals surface area contributed by atoms with Gasteiger partial charge in [0.05, 0.1) is 6.04 Å². The zero-order valence-electron chi connectivity index (χ0n) is 21.8. The highest BCUT2D eigenvalue weighted by atomic mass is 35.5. The van der Waals surface area contributed by atoms with Crippen LogP contribution in [-0.2, 0) is 9.59 Å². The average Bonchev–Trinajstić information content (AvgIpc) is 3.42. The molecule has 0 aromatic heterocycles. The van der Waals surface area contributed by atoms with Crippen molar-refractivity contribution in [2.45, 2.75) is 70.4 Å². The molecule has 1 aliphatic carbocycles. The number of amides is 2. The molecule has 4 rings (SSSR count). The quantitative estimate of drug-likeness (QED) is 0.477. The molecule has 2 amide bonds. The monoisotopic (exact) mass is 518 g/mol. The van der Waals surface area contributed by atoms with E-state index in [2.05, 4.69) is 22.0 Å². The number of likely N-dealkylation sites (tertiary alicyclic amines) is 1. The van der Waals surface area contributed by atoms with Crippen molar-refractivity contribution >= 4 is 23.4 Å². The van der Waals surface area contributed by atoms with Gasteiger partial charge < -0.3 is 19.9 Å². The Hall–Kier alpha value is -1.83. The zero-order chi connectivity index (χ0) is 25.3. The third-order valence-corrected chi connectivity index (χ3v) is 8.47. The van der Waals surface area contributed by atoms with E-state index in [0.29, 0.717) is 35.8 Å². The van der Waals surface area contributed by atoms with Crippen LogP contribution in [-0.4, -0.2) is 91.0 Å². The van der Waals surface area contributed by atoms with Gasteiger partial charge in [-0.05, 0) is 75.8 Å². The third kappa shape index (κ3) is 7.59. The van der Waals surface area contributed by atoms with Crippen molar-refractivity contribution in [2.75, 3.05) is 52.4 Å². The molecule has 7 nitrogen and oxygen atoms in total. The fourth-order valence-electron chi connectivity index (χ4n) is 6.06. The Balaban J connectivity index is 1.23. The number of carbonyl (C=O) groups excluding carboxylic acids is 2. The standard InChI is InChI=1S/C28H43ClN4O3/c1-22-7-4-5-15-31(22)16-6-14-30-28(35)27(23-8-2-3-9-23)33-19-17-32(18-20-33)26(34)21-36-25-12-10-24(29)11-13-25/h10-13,22-23,27H,2-9,14-21H2,1H3,(H,30,35)/t22-,27+/m0/s1. The highest BCUT2D eigenvalue weighted by Crippen LogP contribution is 2.31. The fourth-order valence-corrected chi connectivity index (χ4v) is 6.18. The molecule has 2 atom stereocenters. The lowest BCUT2D eigenvalue weighted by Gasteiger charge is -2.40. The number of piperidine rings is 1. The second kappa shape index (κ2) is 13.6. The number of hydrogen-bond donors (Lipinski definition) is 1. The van der Waals surface area contributed by atoms with Crippen LogP contribution in [0.5, 0.6) is 5.75 Å². The van der Waals surface area contributed by atoms with Gasteiger partial charge in [0.2, 0.25) is 5.91 Å². The Bertz CT molecular complexity index is 838. The second-order valence-electron chi connectivity index (χ2n) is 10.7. The van der Waals surface area contributed by atoms with E-state index < -0.39 is 0 Å². The summed E-state index contributed by atoms with van der Waals surface area (Å²) in [6.45, 7) is 8.05. The smallest absolute Gasteiger partial charge is 0.260 e. The minimum Gasteiger partial charge on any atom is -0.484 e. The first kappa shape index (κ1) is 27.2. The molecule has 1 N–H and O–H groups in total. The molecule has 1 aromatic carbocycles. The molecule has 2 aliphatic heterocycles. The Morgan fingerprint density at radius 2 is 1.69 bits per heavy atom. The molecule has 3 fully saturated rings. The van der Waals surface area contributed by atoms with Gasteiger partial charge in [-0.25, -0.2) is 0 Å². The summed E-state index contributed by atoms with van der Waals surface area (Å²) in [5.74, 6) is 1.22. The number of hydrogen-bond acceptors (Lipinski definition) is 5. The van der Waals surface area contributed by atoms with Crippen LogP contribution in [0.25, 0.3) is 0 Å². The van der Waals surface area contributed by atoms with Crippen molar-refractivity contribution in [1.29, 1.82) is 0 Å². The average molecular weight is 519 g/mol. The normalized spacial score (nSPS) is 22.9. The number of rotatable bonds is 10. The summed E-state index contributed by atoms with van der Waals surface area (Å²) in [4.78, 5) is 32.8. The molecule has 200 valence electrons. The fraction of sp³-hybridized carbons (Fsp3) is 0.714. The number of nitrogens with one attached hydrogen (secondary N) is 1. The van der Waals surface area contributed by atoms with Crippen LogP contribution in [0, 0.1) is 5.92 Å². The molecular weight excluding hydrogens is 476 g/mol. The maximum atomic E-state index is 13.4. The van der Waals surface area contributed by atoms with Crippen LogP contribution in [0.2, 0.25) is 5.02 Å². The number of nitrogens with zero attached hydrogens (tertiary/aromatic N) is 3. The summed E-state index contributed by atoms with van der Waals surface area (Å²) in [6.07, 6.45) is 9.59. The third-order valence-electron chi connectivity index (χ3n) is 8.21. The Labute approximate surface area is 221 Å². The van der Waals surface area contributed by atoms with Crippen molar-refractivity contribution in [3.63, 3.8) is 0 Å². The lowest BCUT2D eigenvalue weighted by molar-refractivity contribution is -0.137. The molecule has 2 saturated heterocycles. The molecule has 1 saturated carbocycles. The summed E-state index contributed by atoms with van der Waals surface area (Å²) >= 11 is 5.91.